The molecule has 0 aliphatic heterocycles. The molecule has 0 radical (unpaired) electrons. The van der Waals surface area contributed by atoms with E-state index in [9.17, 15) is 18.8 Å². The number of carbonyl (C=O) groups is 3. The minimum absolute atomic E-state index is 0.0571. The maximum absolute atomic E-state index is 13.3. The van der Waals surface area contributed by atoms with Crippen LogP contribution in [0.15, 0.2) is 47.3 Å². The molecule has 12 heteroatoms. The van der Waals surface area contributed by atoms with Gasteiger partial charge in [-0.25, -0.2) is 14.1 Å². The van der Waals surface area contributed by atoms with Crippen LogP contribution in [0.25, 0.3) is 16.6 Å². The van der Waals surface area contributed by atoms with Crippen molar-refractivity contribution in [2.24, 2.45) is 0 Å². The zero-order valence-electron chi connectivity index (χ0n) is 18.8. The number of fused-ring (bicyclic) bond motifs is 1. The van der Waals surface area contributed by atoms with E-state index >= 15 is 0 Å². The number of hydrogen-bond acceptors (Lipinski definition) is 7. The van der Waals surface area contributed by atoms with Gasteiger partial charge in [0.2, 0.25) is 5.89 Å². The molecule has 3 aromatic heterocycles. The highest BCUT2D eigenvalue weighted by Gasteiger charge is 2.25. The Morgan fingerprint density at radius 1 is 1.14 bits per heavy atom. The van der Waals surface area contributed by atoms with Gasteiger partial charge in [-0.2, -0.15) is 5.10 Å². The maximum atomic E-state index is 13.3. The Morgan fingerprint density at radius 3 is 2.57 bits per heavy atom. The molecule has 0 bridgehead atoms. The van der Waals surface area contributed by atoms with Crippen molar-refractivity contribution in [3.05, 3.63) is 71.6 Å². The molecule has 1 atom stereocenters. The second-order valence-electron chi connectivity index (χ2n) is 7.62. The Morgan fingerprint density at radius 2 is 1.89 bits per heavy atom. The molecule has 4 aromatic rings. The van der Waals surface area contributed by atoms with Crippen LogP contribution in [0.4, 0.5) is 4.39 Å². The van der Waals surface area contributed by atoms with Gasteiger partial charge in [-0.1, -0.05) is 6.92 Å². The minimum Gasteiger partial charge on any atom is -0.480 e. The fourth-order valence-corrected chi connectivity index (χ4v) is 3.50. The molecule has 1 aromatic carbocycles. The zero-order valence-corrected chi connectivity index (χ0v) is 18.8. The maximum Gasteiger partial charge on any atom is 0.322 e. The summed E-state index contributed by atoms with van der Waals surface area (Å²) >= 11 is 0. The smallest absolute Gasteiger partial charge is 0.322 e. The number of carboxylic acids is 1. The summed E-state index contributed by atoms with van der Waals surface area (Å²) in [5, 5.41) is 18.6. The quantitative estimate of drug-likeness (QED) is 0.348. The summed E-state index contributed by atoms with van der Waals surface area (Å²) in [6.07, 6.45) is 4.89. The molecule has 1 unspecified atom stereocenters. The van der Waals surface area contributed by atoms with Crippen LogP contribution < -0.4 is 10.6 Å². The number of carboxylic acid groups (broad SMARTS) is 1. The molecule has 0 saturated heterocycles. The number of nitrogens with zero attached hydrogens (tertiary/aromatic N) is 4. The van der Waals surface area contributed by atoms with E-state index in [1.165, 1.54) is 31.5 Å². The molecular formula is C23H21FN6O5. The number of aryl methyl sites for hydroxylation is 1. The molecule has 3 N–H and O–H groups in total. The number of rotatable bonds is 8. The average molecular weight is 480 g/mol. The number of aliphatic carboxylic acids is 1. The van der Waals surface area contributed by atoms with Gasteiger partial charge in [-0.15, -0.1) is 0 Å². The standard InChI is InChI=1S/C23H21FN6O5/c1-3-17(23-29-20(12(2)35-23)22(34)26-11-19(31)32)28-21(33)16-8-25-10-18-15(16)9-27-30(18)14-6-4-13(24)5-7-14/h4-10,17H,3,11H2,1-2H3,(H,26,34)(H,28,33)(H,31,32). The Labute approximate surface area is 198 Å². The van der Waals surface area contributed by atoms with Gasteiger partial charge in [0.05, 0.1) is 29.2 Å². The summed E-state index contributed by atoms with van der Waals surface area (Å²) < 4.78 is 20.4. The summed E-state index contributed by atoms with van der Waals surface area (Å²) in [7, 11) is 0. The van der Waals surface area contributed by atoms with Crippen LogP contribution in [0.3, 0.4) is 0 Å². The van der Waals surface area contributed by atoms with Crippen molar-refractivity contribution in [3.8, 4) is 5.69 Å². The molecule has 0 aliphatic rings. The van der Waals surface area contributed by atoms with E-state index in [0.717, 1.165) is 0 Å². The zero-order chi connectivity index (χ0) is 25.1. The predicted molar refractivity (Wildman–Crippen MR) is 121 cm³/mol. The summed E-state index contributed by atoms with van der Waals surface area (Å²) in [5.41, 5.74) is 1.37. The van der Waals surface area contributed by atoms with E-state index in [4.69, 9.17) is 9.52 Å². The number of amides is 2. The molecule has 0 aliphatic carbocycles. The second-order valence-corrected chi connectivity index (χ2v) is 7.62. The van der Waals surface area contributed by atoms with E-state index in [1.54, 1.807) is 29.9 Å². The van der Waals surface area contributed by atoms with Crippen LogP contribution in [0.2, 0.25) is 0 Å². The molecule has 180 valence electrons. The molecule has 3 heterocycles. The van der Waals surface area contributed by atoms with Crippen molar-refractivity contribution >= 4 is 28.7 Å². The summed E-state index contributed by atoms with van der Waals surface area (Å²) in [6, 6.07) is 5.10. The van der Waals surface area contributed by atoms with Crippen LogP contribution in [-0.2, 0) is 4.79 Å². The van der Waals surface area contributed by atoms with Gasteiger partial charge in [-0.3, -0.25) is 19.4 Å². The first kappa shape index (κ1) is 23.5. The molecule has 2 amide bonds. The third-order valence-corrected chi connectivity index (χ3v) is 5.25. The van der Waals surface area contributed by atoms with Gasteiger partial charge in [0.25, 0.3) is 11.8 Å². The number of oxazole rings is 1. The second kappa shape index (κ2) is 9.71. The largest absolute Gasteiger partial charge is 0.480 e. The highest BCUT2D eigenvalue weighted by atomic mass is 19.1. The Kier molecular flexibility index (Phi) is 6.53. The first-order valence-corrected chi connectivity index (χ1v) is 10.6. The Balaban J connectivity index is 1.58. The molecule has 4 rings (SSSR count). The Bertz CT molecular complexity index is 1410. The van der Waals surface area contributed by atoms with Crippen molar-refractivity contribution in [3.63, 3.8) is 0 Å². The van der Waals surface area contributed by atoms with Crippen molar-refractivity contribution in [2.75, 3.05) is 6.54 Å². The van der Waals surface area contributed by atoms with Crippen LogP contribution >= 0.6 is 0 Å². The lowest BCUT2D eigenvalue weighted by molar-refractivity contribution is -0.135. The number of pyridine rings is 1. The topological polar surface area (TPSA) is 152 Å². The first-order chi connectivity index (χ1) is 16.8. The lowest BCUT2D eigenvalue weighted by Crippen LogP contribution is -2.30. The molecule has 0 fully saturated rings. The summed E-state index contributed by atoms with van der Waals surface area (Å²) in [4.78, 5) is 44.4. The summed E-state index contributed by atoms with van der Waals surface area (Å²) in [5.74, 6) is -2.41. The van der Waals surface area contributed by atoms with Gasteiger partial charge in [0, 0.05) is 11.6 Å². The molecule has 0 saturated carbocycles. The van der Waals surface area contributed by atoms with Gasteiger partial charge < -0.3 is 20.2 Å². The SMILES string of the molecule is CCC(NC(=O)c1cncc2c1cnn2-c1ccc(F)cc1)c1nc(C(=O)NCC(=O)O)c(C)o1. The molecular weight excluding hydrogens is 459 g/mol. The van der Waals surface area contributed by atoms with E-state index < -0.39 is 30.4 Å². The number of aromatic nitrogens is 4. The van der Waals surface area contributed by atoms with Gasteiger partial charge in [0.15, 0.2) is 5.69 Å². The number of hydrogen-bond donors (Lipinski definition) is 3. The number of benzene rings is 1. The van der Waals surface area contributed by atoms with E-state index in [1.807, 2.05) is 0 Å². The fraction of sp³-hybridized carbons (Fsp3) is 0.217. The predicted octanol–water partition coefficient (Wildman–Crippen LogP) is 2.55. The van der Waals surface area contributed by atoms with Gasteiger partial charge in [-0.05, 0) is 37.6 Å². The normalized spacial score (nSPS) is 11.9. The third kappa shape index (κ3) is 4.86. The van der Waals surface area contributed by atoms with Crippen molar-refractivity contribution in [1.82, 2.24) is 30.4 Å². The average Bonchev–Trinajstić information content (AvgIpc) is 3.45. The fourth-order valence-electron chi connectivity index (χ4n) is 3.50. The highest BCUT2D eigenvalue weighted by molar-refractivity contribution is 6.06. The monoisotopic (exact) mass is 480 g/mol. The van der Waals surface area contributed by atoms with Crippen LogP contribution in [-0.4, -0.2) is 49.2 Å². The first-order valence-electron chi connectivity index (χ1n) is 10.6. The van der Waals surface area contributed by atoms with Crippen LogP contribution in [0.5, 0.6) is 0 Å². The van der Waals surface area contributed by atoms with E-state index in [-0.39, 0.29) is 28.7 Å². The Hall–Kier alpha value is -4.61. The number of nitrogens with one attached hydrogen (secondary N) is 2. The minimum atomic E-state index is -1.19. The lowest BCUT2D eigenvalue weighted by atomic mass is 10.1. The number of carbonyl (C=O) groups excluding carboxylic acids is 2. The molecule has 11 nitrogen and oxygen atoms in total. The summed E-state index contributed by atoms with van der Waals surface area (Å²) in [6.45, 7) is 2.77. The van der Waals surface area contributed by atoms with E-state index in [0.29, 0.717) is 23.0 Å². The highest BCUT2D eigenvalue weighted by Crippen LogP contribution is 2.24. The number of halogens is 1. The van der Waals surface area contributed by atoms with Crippen molar-refractivity contribution < 1.29 is 28.3 Å². The van der Waals surface area contributed by atoms with Crippen molar-refractivity contribution in [1.29, 1.82) is 0 Å². The molecule has 0 spiro atoms. The molecule has 35 heavy (non-hydrogen) atoms. The lowest BCUT2D eigenvalue weighted by Gasteiger charge is -2.14. The third-order valence-electron chi connectivity index (χ3n) is 5.25. The van der Waals surface area contributed by atoms with E-state index in [2.05, 4.69) is 25.7 Å². The van der Waals surface area contributed by atoms with Gasteiger partial charge in [0.1, 0.15) is 24.2 Å². The van der Waals surface area contributed by atoms with Crippen molar-refractivity contribution in [2.45, 2.75) is 26.3 Å². The van der Waals surface area contributed by atoms with Gasteiger partial charge >= 0.3 is 5.97 Å². The van der Waals surface area contributed by atoms with Crippen LogP contribution in [0.1, 0.15) is 51.9 Å². The van der Waals surface area contributed by atoms with Crippen LogP contribution in [0, 0.1) is 12.7 Å².